The van der Waals surface area contributed by atoms with Crippen molar-refractivity contribution in [3.63, 3.8) is 0 Å². The Kier molecular flexibility index (Phi) is 8.28. The Labute approximate surface area is 175 Å². The summed E-state index contributed by atoms with van der Waals surface area (Å²) in [6.45, 7) is 5.95. The number of hydrogen-bond donors (Lipinski definition) is 0. The van der Waals surface area contributed by atoms with Gasteiger partial charge in [0.05, 0.1) is 10.6 Å². The van der Waals surface area contributed by atoms with Crippen molar-refractivity contribution in [2.24, 2.45) is 5.41 Å². The molecular formula is C21H28O4S3. The van der Waals surface area contributed by atoms with E-state index >= 15 is 0 Å². The number of thioether (sulfide) groups is 1. The van der Waals surface area contributed by atoms with E-state index in [2.05, 4.69) is 0 Å². The van der Waals surface area contributed by atoms with Crippen molar-refractivity contribution >= 4 is 48.1 Å². The van der Waals surface area contributed by atoms with Gasteiger partial charge < -0.3 is 0 Å². The molecule has 0 saturated heterocycles. The first kappa shape index (κ1) is 23.1. The van der Waals surface area contributed by atoms with Gasteiger partial charge in [0.2, 0.25) is 4.74 Å². The highest BCUT2D eigenvalue weighted by Gasteiger charge is 2.25. The van der Waals surface area contributed by atoms with Crippen LogP contribution in [0.15, 0.2) is 40.0 Å². The van der Waals surface area contributed by atoms with Crippen molar-refractivity contribution in [1.82, 2.24) is 0 Å². The molecule has 1 aromatic heterocycles. The Hall–Kier alpha value is -1.18. The zero-order valence-electron chi connectivity index (χ0n) is 16.7. The summed E-state index contributed by atoms with van der Waals surface area (Å²) in [4.78, 5) is 24.1. The van der Waals surface area contributed by atoms with E-state index < -0.39 is 9.84 Å². The van der Waals surface area contributed by atoms with Crippen molar-refractivity contribution in [3.8, 4) is 0 Å². The van der Waals surface area contributed by atoms with Gasteiger partial charge in [-0.1, -0.05) is 74.9 Å². The van der Waals surface area contributed by atoms with E-state index in [1.165, 1.54) is 17.8 Å². The molecule has 0 atom stereocenters. The minimum atomic E-state index is -3.49. The number of rotatable bonds is 10. The first-order valence-corrected chi connectivity index (χ1v) is 13.1. The lowest BCUT2D eigenvalue weighted by Crippen LogP contribution is -2.20. The van der Waals surface area contributed by atoms with Gasteiger partial charge in [-0.25, -0.2) is 8.42 Å². The van der Waals surface area contributed by atoms with Crippen molar-refractivity contribution in [3.05, 3.63) is 39.9 Å². The van der Waals surface area contributed by atoms with Crippen LogP contribution in [0.25, 0.3) is 10.1 Å². The van der Waals surface area contributed by atoms with Crippen LogP contribution in [-0.2, 0) is 14.6 Å². The van der Waals surface area contributed by atoms with Gasteiger partial charge in [0.1, 0.15) is 0 Å². The molecule has 2 aromatic rings. The molecule has 2 rings (SSSR count). The summed E-state index contributed by atoms with van der Waals surface area (Å²) in [7, 11) is -3.49. The van der Waals surface area contributed by atoms with E-state index in [-0.39, 0.29) is 25.9 Å². The number of carbonyl (C=O) groups excluding carboxylic acids is 1. The third-order valence-corrected chi connectivity index (χ3v) is 8.96. The molecule has 0 amide bonds. The molecule has 1 heterocycles. The Morgan fingerprint density at radius 2 is 1.79 bits per heavy atom. The summed E-state index contributed by atoms with van der Waals surface area (Å²) >= 11 is 2.45. The molecule has 0 aliphatic heterocycles. The third-order valence-electron chi connectivity index (χ3n) is 4.92. The molecule has 0 bridgehead atoms. The van der Waals surface area contributed by atoms with Crippen LogP contribution in [0.1, 0.15) is 52.9 Å². The molecule has 1 aromatic carbocycles. The first-order valence-electron chi connectivity index (χ1n) is 9.60. The maximum atomic E-state index is 12.7. The predicted octanol–water partition coefficient (Wildman–Crippen LogP) is 5.29. The second kappa shape index (κ2) is 10.0. The van der Waals surface area contributed by atoms with E-state index in [0.29, 0.717) is 16.5 Å². The summed E-state index contributed by atoms with van der Waals surface area (Å²) in [5, 5.41) is 0.851. The molecule has 0 unspecified atom stereocenters. The average molecular weight is 441 g/mol. The van der Waals surface area contributed by atoms with Gasteiger partial charge in [-0.15, -0.1) is 0 Å². The second-order valence-electron chi connectivity index (χ2n) is 7.53. The molecule has 0 aliphatic carbocycles. The maximum Gasteiger partial charge on any atom is 0.234 e. The van der Waals surface area contributed by atoms with Crippen LogP contribution in [0.5, 0.6) is 0 Å². The first-order chi connectivity index (χ1) is 13.2. The molecule has 0 N–H and O–H groups in total. The third kappa shape index (κ3) is 6.16. The lowest BCUT2D eigenvalue weighted by Gasteiger charge is -2.19. The van der Waals surface area contributed by atoms with E-state index in [4.69, 9.17) is 0 Å². The number of hydrogen-bond acceptors (Lipinski definition) is 6. The smallest absolute Gasteiger partial charge is 0.234 e. The monoisotopic (exact) mass is 440 g/mol. The summed E-state index contributed by atoms with van der Waals surface area (Å²) in [6.07, 6.45) is 3.98. The van der Waals surface area contributed by atoms with Gasteiger partial charge >= 0.3 is 0 Å². The van der Waals surface area contributed by atoms with Crippen molar-refractivity contribution < 1.29 is 13.2 Å². The van der Waals surface area contributed by atoms with Gasteiger partial charge in [0, 0.05) is 27.3 Å². The number of carbonyl (C=O) groups is 1. The largest absolute Gasteiger partial charge is 0.287 e. The number of unbranched alkanes of at least 4 members (excludes halogenated alkanes) is 3. The summed E-state index contributed by atoms with van der Waals surface area (Å²) in [5.74, 6) is 0.819. The molecule has 0 radical (unpaired) electrons. The maximum absolute atomic E-state index is 12.7. The number of sulfone groups is 1. The Balaban J connectivity index is 1.84. The minimum absolute atomic E-state index is 0.0417. The fraction of sp³-hybridized carbons (Fsp3) is 0.524. The van der Waals surface area contributed by atoms with Crippen molar-refractivity contribution in [2.45, 2.75) is 57.8 Å². The molecule has 154 valence electrons. The second-order valence-corrected chi connectivity index (χ2v) is 11.7. The van der Waals surface area contributed by atoms with E-state index in [1.807, 2.05) is 20.8 Å². The van der Waals surface area contributed by atoms with Crippen LogP contribution in [0, 0.1) is 5.41 Å². The quantitative estimate of drug-likeness (QED) is 0.470. The minimum Gasteiger partial charge on any atom is -0.287 e. The van der Waals surface area contributed by atoms with E-state index in [1.54, 1.807) is 24.3 Å². The normalized spacial score (nSPS) is 12.4. The molecule has 28 heavy (non-hydrogen) atoms. The van der Waals surface area contributed by atoms with Gasteiger partial charge in [0.25, 0.3) is 0 Å². The van der Waals surface area contributed by atoms with E-state index in [9.17, 15) is 18.0 Å². The molecule has 0 spiro atoms. The lowest BCUT2D eigenvalue weighted by molar-refractivity contribution is -0.118. The highest BCUT2D eigenvalue weighted by molar-refractivity contribution is 8.13. The van der Waals surface area contributed by atoms with Crippen molar-refractivity contribution in [2.75, 3.05) is 11.5 Å². The predicted molar refractivity (Wildman–Crippen MR) is 120 cm³/mol. The number of fused-ring (bicyclic) bond motifs is 1. The van der Waals surface area contributed by atoms with Gasteiger partial charge in [0.15, 0.2) is 15.0 Å². The molecule has 7 heteroatoms. The zero-order valence-corrected chi connectivity index (χ0v) is 19.1. The zero-order chi connectivity index (χ0) is 20.8. The fourth-order valence-electron chi connectivity index (χ4n) is 2.70. The lowest BCUT2D eigenvalue weighted by atomic mass is 9.92. The summed E-state index contributed by atoms with van der Waals surface area (Å²) in [6, 6.07) is 8.37. The van der Waals surface area contributed by atoms with Crippen molar-refractivity contribution in [1.29, 1.82) is 0 Å². The van der Waals surface area contributed by atoms with Crippen LogP contribution >= 0.6 is 23.1 Å². The van der Waals surface area contributed by atoms with Gasteiger partial charge in [-0.2, -0.15) is 0 Å². The Morgan fingerprint density at radius 1 is 1.11 bits per heavy atom. The highest BCUT2D eigenvalue weighted by Crippen LogP contribution is 2.28. The van der Waals surface area contributed by atoms with E-state index in [0.717, 1.165) is 42.8 Å². The highest BCUT2D eigenvalue weighted by atomic mass is 32.2. The Bertz CT molecular complexity index is 975. The molecule has 4 nitrogen and oxygen atoms in total. The topological polar surface area (TPSA) is 68.3 Å². The Morgan fingerprint density at radius 3 is 2.50 bits per heavy atom. The fourth-order valence-corrected chi connectivity index (χ4v) is 6.34. The van der Waals surface area contributed by atoms with Crippen LogP contribution in [0.4, 0.5) is 0 Å². The van der Waals surface area contributed by atoms with Gasteiger partial charge in [-0.3, -0.25) is 9.59 Å². The molecular weight excluding hydrogens is 412 g/mol. The number of benzene rings is 1. The van der Waals surface area contributed by atoms with Crippen LogP contribution in [0.3, 0.4) is 0 Å². The van der Waals surface area contributed by atoms with Crippen LogP contribution in [-0.4, -0.2) is 25.0 Å². The molecule has 0 fully saturated rings. The summed E-state index contributed by atoms with van der Waals surface area (Å²) in [5.41, 5.74) is -0.279. The van der Waals surface area contributed by atoms with Crippen LogP contribution in [0.2, 0.25) is 0 Å². The summed E-state index contributed by atoms with van der Waals surface area (Å²) < 4.78 is 25.9. The van der Waals surface area contributed by atoms with Gasteiger partial charge in [-0.05, 0) is 25.3 Å². The molecule has 0 saturated carbocycles. The average Bonchev–Trinajstić information content (AvgIpc) is 2.66. The molecule has 0 aliphatic rings. The SMILES string of the molecule is CCC(C)(C)C(=O)SCCCCCCS(=O)(=O)c1cc(=O)sc2ccccc12. The standard InChI is InChI=1S/C21H28O4S3/c1-4-21(2,3)20(23)26-13-9-5-6-10-14-28(24,25)18-15-19(22)27-17-12-8-7-11-16(17)18/h7-8,11-12,15H,4-6,9-10,13-14H2,1-3H3. The van der Waals surface area contributed by atoms with Crippen LogP contribution < -0.4 is 4.74 Å².